The maximum Gasteiger partial charge on any atom is 0.128 e. The molecule has 2 rings (SSSR count). The quantitative estimate of drug-likeness (QED) is 0.808. The first-order valence-electron chi connectivity index (χ1n) is 5.31. The van der Waals surface area contributed by atoms with Crippen LogP contribution in [0.5, 0.6) is 0 Å². The fourth-order valence-electron chi connectivity index (χ4n) is 1.82. The Balaban J connectivity index is 2.07. The van der Waals surface area contributed by atoms with Crippen LogP contribution in [0.4, 0.5) is 10.1 Å². The molecule has 2 nitrogen and oxygen atoms in total. The Hall–Kier alpha value is -1.09. The molecule has 0 radical (unpaired) electrons. The molecule has 1 aliphatic rings. The summed E-state index contributed by atoms with van der Waals surface area (Å²) < 4.78 is 18.7. The molecular weight excluding hydrogens is 193 g/mol. The van der Waals surface area contributed by atoms with Crippen molar-refractivity contribution in [3.8, 4) is 0 Å². The minimum atomic E-state index is -0.161. The van der Waals surface area contributed by atoms with Gasteiger partial charge in [0.15, 0.2) is 0 Å². The van der Waals surface area contributed by atoms with Gasteiger partial charge in [-0.3, -0.25) is 0 Å². The Labute approximate surface area is 89.4 Å². The molecule has 2 unspecified atom stereocenters. The van der Waals surface area contributed by atoms with Crippen molar-refractivity contribution in [2.75, 3.05) is 11.9 Å². The molecule has 1 saturated heterocycles. The third-order valence-corrected chi connectivity index (χ3v) is 2.90. The van der Waals surface area contributed by atoms with E-state index >= 15 is 0 Å². The Bertz CT molecular complexity index is 353. The smallest absolute Gasteiger partial charge is 0.128 e. The largest absolute Gasteiger partial charge is 0.380 e. The third-order valence-electron chi connectivity index (χ3n) is 2.90. The number of rotatable bonds is 2. The van der Waals surface area contributed by atoms with E-state index in [0.29, 0.717) is 11.6 Å². The number of hydrogen-bond donors (Lipinski definition) is 1. The molecule has 0 saturated carbocycles. The average Bonchev–Trinajstić information content (AvgIpc) is 2.59. The van der Waals surface area contributed by atoms with Gasteiger partial charge in [0.25, 0.3) is 0 Å². The predicted molar refractivity (Wildman–Crippen MR) is 58.6 cm³/mol. The summed E-state index contributed by atoms with van der Waals surface area (Å²) in [7, 11) is 0. The van der Waals surface area contributed by atoms with Crippen LogP contribution in [0.3, 0.4) is 0 Å². The van der Waals surface area contributed by atoms with Crippen LogP contribution in [-0.4, -0.2) is 18.8 Å². The van der Waals surface area contributed by atoms with E-state index in [1.807, 2.05) is 13.0 Å². The van der Waals surface area contributed by atoms with Crippen molar-refractivity contribution < 1.29 is 9.13 Å². The van der Waals surface area contributed by atoms with Crippen molar-refractivity contribution in [3.63, 3.8) is 0 Å². The molecule has 0 amide bonds. The molecule has 1 aromatic carbocycles. The summed E-state index contributed by atoms with van der Waals surface area (Å²) in [6.45, 7) is 4.59. The standard InChI is InChI=1S/C12H16FNO/c1-8-3-4-10(7-11(8)13)14-12-5-6-15-9(12)2/h3-4,7,9,12,14H,5-6H2,1-2H3. The summed E-state index contributed by atoms with van der Waals surface area (Å²) >= 11 is 0. The summed E-state index contributed by atoms with van der Waals surface area (Å²) in [6.07, 6.45) is 1.19. The Kier molecular flexibility index (Phi) is 2.91. The number of benzene rings is 1. The summed E-state index contributed by atoms with van der Waals surface area (Å²) in [4.78, 5) is 0. The van der Waals surface area contributed by atoms with Crippen molar-refractivity contribution >= 4 is 5.69 Å². The van der Waals surface area contributed by atoms with Crippen molar-refractivity contribution in [3.05, 3.63) is 29.6 Å². The van der Waals surface area contributed by atoms with Gasteiger partial charge in [-0.15, -0.1) is 0 Å². The lowest BCUT2D eigenvalue weighted by molar-refractivity contribution is 0.121. The van der Waals surface area contributed by atoms with E-state index in [1.54, 1.807) is 19.1 Å². The first-order valence-corrected chi connectivity index (χ1v) is 5.31. The van der Waals surface area contributed by atoms with Crippen molar-refractivity contribution in [2.24, 2.45) is 0 Å². The number of nitrogens with one attached hydrogen (secondary N) is 1. The van der Waals surface area contributed by atoms with Gasteiger partial charge < -0.3 is 10.1 Å². The highest BCUT2D eigenvalue weighted by molar-refractivity contribution is 5.46. The lowest BCUT2D eigenvalue weighted by Gasteiger charge is -2.17. The zero-order chi connectivity index (χ0) is 10.8. The van der Waals surface area contributed by atoms with Gasteiger partial charge >= 0.3 is 0 Å². The van der Waals surface area contributed by atoms with Crippen molar-refractivity contribution in [2.45, 2.75) is 32.4 Å². The van der Waals surface area contributed by atoms with Gasteiger partial charge in [0.2, 0.25) is 0 Å². The predicted octanol–water partition coefficient (Wildman–Crippen LogP) is 2.72. The van der Waals surface area contributed by atoms with Crippen LogP contribution in [0, 0.1) is 12.7 Å². The molecule has 1 N–H and O–H groups in total. The molecule has 1 heterocycles. The molecule has 1 aromatic rings. The van der Waals surface area contributed by atoms with E-state index in [0.717, 1.165) is 18.7 Å². The van der Waals surface area contributed by atoms with Gasteiger partial charge in [-0.25, -0.2) is 4.39 Å². The Morgan fingerprint density at radius 2 is 2.27 bits per heavy atom. The van der Waals surface area contributed by atoms with Crippen LogP contribution in [0.2, 0.25) is 0 Å². The zero-order valence-corrected chi connectivity index (χ0v) is 9.09. The molecule has 1 aliphatic heterocycles. The maximum absolute atomic E-state index is 13.3. The zero-order valence-electron chi connectivity index (χ0n) is 9.09. The maximum atomic E-state index is 13.3. The second-order valence-electron chi connectivity index (χ2n) is 4.08. The first-order chi connectivity index (χ1) is 7.16. The van der Waals surface area contributed by atoms with Crippen LogP contribution in [0.15, 0.2) is 18.2 Å². The highest BCUT2D eigenvalue weighted by atomic mass is 19.1. The second-order valence-corrected chi connectivity index (χ2v) is 4.08. The molecule has 15 heavy (non-hydrogen) atoms. The number of hydrogen-bond acceptors (Lipinski definition) is 2. The lowest BCUT2D eigenvalue weighted by atomic mass is 10.1. The van der Waals surface area contributed by atoms with Gasteiger partial charge in [0.05, 0.1) is 12.1 Å². The first kappa shape index (κ1) is 10.4. The second kappa shape index (κ2) is 4.19. The summed E-state index contributed by atoms with van der Waals surface area (Å²) in [6, 6.07) is 5.54. The molecule has 82 valence electrons. The normalized spacial score (nSPS) is 25.5. The third kappa shape index (κ3) is 2.29. The molecule has 1 fully saturated rings. The van der Waals surface area contributed by atoms with Crippen LogP contribution in [-0.2, 0) is 4.74 Å². The van der Waals surface area contributed by atoms with Crippen LogP contribution in [0.1, 0.15) is 18.9 Å². The minimum Gasteiger partial charge on any atom is -0.380 e. The van der Waals surface area contributed by atoms with E-state index in [2.05, 4.69) is 5.32 Å². The van der Waals surface area contributed by atoms with E-state index in [4.69, 9.17) is 4.74 Å². The fourth-order valence-corrected chi connectivity index (χ4v) is 1.82. The van der Waals surface area contributed by atoms with E-state index in [-0.39, 0.29) is 11.9 Å². The van der Waals surface area contributed by atoms with E-state index in [9.17, 15) is 4.39 Å². The van der Waals surface area contributed by atoms with Crippen LogP contribution < -0.4 is 5.32 Å². The van der Waals surface area contributed by atoms with Gasteiger partial charge in [-0.1, -0.05) is 6.07 Å². The topological polar surface area (TPSA) is 21.3 Å². The average molecular weight is 209 g/mol. The SMILES string of the molecule is Cc1ccc(NC2CCOC2C)cc1F. The number of anilines is 1. The number of halogens is 1. The molecular formula is C12H16FNO. The lowest BCUT2D eigenvalue weighted by Crippen LogP contribution is -2.26. The highest BCUT2D eigenvalue weighted by Crippen LogP contribution is 2.20. The fraction of sp³-hybridized carbons (Fsp3) is 0.500. The number of aryl methyl sites for hydroxylation is 1. The highest BCUT2D eigenvalue weighted by Gasteiger charge is 2.23. The summed E-state index contributed by atoms with van der Waals surface area (Å²) in [5.41, 5.74) is 1.51. The molecule has 0 aliphatic carbocycles. The van der Waals surface area contributed by atoms with Crippen molar-refractivity contribution in [1.82, 2.24) is 0 Å². The van der Waals surface area contributed by atoms with Gasteiger partial charge in [-0.05, 0) is 38.0 Å². The van der Waals surface area contributed by atoms with Gasteiger partial charge in [0.1, 0.15) is 5.82 Å². The van der Waals surface area contributed by atoms with Gasteiger partial charge in [-0.2, -0.15) is 0 Å². The number of ether oxygens (including phenoxy) is 1. The summed E-state index contributed by atoms with van der Waals surface area (Å²) in [5.74, 6) is -0.161. The molecule has 2 atom stereocenters. The molecule has 0 aromatic heterocycles. The van der Waals surface area contributed by atoms with E-state index < -0.39 is 0 Å². The monoisotopic (exact) mass is 209 g/mol. The molecule has 0 spiro atoms. The van der Waals surface area contributed by atoms with Gasteiger partial charge in [0, 0.05) is 12.3 Å². The van der Waals surface area contributed by atoms with Crippen molar-refractivity contribution in [1.29, 1.82) is 0 Å². The molecule has 3 heteroatoms. The van der Waals surface area contributed by atoms with E-state index in [1.165, 1.54) is 0 Å². The molecule has 0 bridgehead atoms. The summed E-state index contributed by atoms with van der Waals surface area (Å²) in [5, 5.41) is 3.29. The minimum absolute atomic E-state index is 0.161. The van der Waals surface area contributed by atoms with Crippen LogP contribution >= 0.6 is 0 Å². The van der Waals surface area contributed by atoms with Crippen LogP contribution in [0.25, 0.3) is 0 Å². The Morgan fingerprint density at radius 3 is 2.87 bits per heavy atom. The Morgan fingerprint density at radius 1 is 1.47 bits per heavy atom.